The van der Waals surface area contributed by atoms with Crippen molar-refractivity contribution in [1.82, 2.24) is 24.1 Å². The van der Waals surface area contributed by atoms with Gasteiger partial charge in [0.1, 0.15) is 5.82 Å². The van der Waals surface area contributed by atoms with E-state index >= 15 is 0 Å². The molecule has 1 aliphatic heterocycles. The lowest BCUT2D eigenvalue weighted by molar-refractivity contribution is 0.329. The summed E-state index contributed by atoms with van der Waals surface area (Å²) >= 11 is 0. The van der Waals surface area contributed by atoms with Crippen molar-refractivity contribution in [2.24, 2.45) is 7.05 Å². The van der Waals surface area contributed by atoms with Crippen LogP contribution in [0.2, 0.25) is 0 Å². The maximum absolute atomic E-state index is 12.7. The topological polar surface area (TPSA) is 119 Å². The quantitative estimate of drug-likeness (QED) is 0.616. The fourth-order valence-corrected chi connectivity index (χ4v) is 5.12. The summed E-state index contributed by atoms with van der Waals surface area (Å²) < 4.78 is 28.6. The van der Waals surface area contributed by atoms with E-state index in [-0.39, 0.29) is 11.8 Å². The lowest BCUT2D eigenvalue weighted by Gasteiger charge is -2.31. The molecule has 0 unspecified atom stereocenters. The van der Waals surface area contributed by atoms with Gasteiger partial charge in [0, 0.05) is 32.4 Å². The number of aryl methyl sites for hydroxylation is 1. The maximum Gasteiger partial charge on any atom is 0.223 e. The highest BCUT2D eigenvalue weighted by molar-refractivity contribution is 7.88. The molecule has 1 saturated heterocycles. The van der Waals surface area contributed by atoms with Gasteiger partial charge in [-0.2, -0.15) is 5.10 Å². The van der Waals surface area contributed by atoms with Crippen molar-refractivity contribution in [1.29, 1.82) is 0 Å². The fourth-order valence-electron chi connectivity index (χ4n) is 3.56. The predicted octanol–water partition coefficient (Wildman–Crippen LogP) is 1.87. The molecule has 0 atom stereocenters. The number of nitrogens with zero attached hydrogens (tertiary/aromatic N) is 5. The monoisotopic (exact) mass is 427 g/mol. The molecule has 0 aliphatic carbocycles. The second-order valence-electron chi connectivity index (χ2n) is 7.39. The van der Waals surface area contributed by atoms with E-state index in [1.54, 1.807) is 34.5 Å². The van der Waals surface area contributed by atoms with Crippen molar-refractivity contribution in [3.05, 3.63) is 54.4 Å². The van der Waals surface area contributed by atoms with E-state index in [1.165, 1.54) is 0 Å². The summed E-state index contributed by atoms with van der Waals surface area (Å²) in [5, 5.41) is 7.47. The minimum atomic E-state index is -3.33. The lowest BCUT2D eigenvalue weighted by atomic mass is 10.1. The molecule has 1 aliphatic rings. The van der Waals surface area contributed by atoms with Gasteiger partial charge in [-0.05, 0) is 24.5 Å². The summed E-state index contributed by atoms with van der Waals surface area (Å²) in [5.41, 5.74) is 8.29. The van der Waals surface area contributed by atoms with E-state index in [2.05, 4.69) is 20.4 Å². The first-order valence-electron chi connectivity index (χ1n) is 9.81. The van der Waals surface area contributed by atoms with E-state index in [0.717, 1.165) is 11.1 Å². The van der Waals surface area contributed by atoms with Crippen LogP contribution in [0.25, 0.3) is 11.3 Å². The van der Waals surface area contributed by atoms with E-state index in [1.807, 2.05) is 30.3 Å². The van der Waals surface area contributed by atoms with E-state index in [4.69, 9.17) is 5.73 Å². The van der Waals surface area contributed by atoms with Crippen LogP contribution in [0.5, 0.6) is 0 Å². The zero-order valence-corrected chi connectivity index (χ0v) is 17.6. The first-order chi connectivity index (χ1) is 14.4. The minimum Gasteiger partial charge on any atom is -0.383 e. The molecule has 0 amide bonds. The van der Waals surface area contributed by atoms with E-state index in [0.29, 0.717) is 43.4 Å². The lowest BCUT2D eigenvalue weighted by Crippen LogP contribution is -2.43. The van der Waals surface area contributed by atoms with Crippen molar-refractivity contribution in [2.75, 3.05) is 24.1 Å². The van der Waals surface area contributed by atoms with Crippen LogP contribution in [0.15, 0.2) is 48.8 Å². The summed E-state index contributed by atoms with van der Waals surface area (Å²) in [4.78, 5) is 8.84. The van der Waals surface area contributed by atoms with Crippen LogP contribution < -0.4 is 11.1 Å². The SMILES string of the molecule is Cn1ncc(-c2ccnc(NC3CCN(S(=O)(=O)Cc4ccccc4)CC3)n2)c1N. The maximum atomic E-state index is 12.7. The first-order valence-corrected chi connectivity index (χ1v) is 11.4. The molecule has 0 radical (unpaired) electrons. The fraction of sp³-hybridized carbons (Fsp3) is 0.350. The molecule has 158 valence electrons. The Morgan fingerprint density at radius 2 is 1.90 bits per heavy atom. The third-order valence-corrected chi connectivity index (χ3v) is 7.14. The molecule has 3 N–H and O–H groups in total. The van der Waals surface area contributed by atoms with Crippen LogP contribution in [0.3, 0.4) is 0 Å². The summed E-state index contributed by atoms with van der Waals surface area (Å²) in [7, 11) is -1.55. The number of rotatable bonds is 6. The van der Waals surface area contributed by atoms with Gasteiger partial charge in [-0.1, -0.05) is 30.3 Å². The zero-order chi connectivity index (χ0) is 21.1. The summed E-state index contributed by atoms with van der Waals surface area (Å²) in [5.74, 6) is 1.07. The number of sulfonamides is 1. The van der Waals surface area contributed by atoms with Gasteiger partial charge in [-0.15, -0.1) is 0 Å². The smallest absolute Gasteiger partial charge is 0.223 e. The van der Waals surface area contributed by atoms with Gasteiger partial charge in [-0.25, -0.2) is 22.7 Å². The average Bonchev–Trinajstić information content (AvgIpc) is 3.08. The summed E-state index contributed by atoms with van der Waals surface area (Å²) in [6.07, 6.45) is 4.74. The molecule has 1 aromatic carbocycles. The predicted molar refractivity (Wildman–Crippen MR) is 116 cm³/mol. The number of nitrogen functional groups attached to an aromatic ring is 1. The Morgan fingerprint density at radius 1 is 1.17 bits per heavy atom. The Hall–Kier alpha value is -2.98. The average molecular weight is 428 g/mol. The van der Waals surface area contributed by atoms with Gasteiger partial charge in [0.25, 0.3) is 0 Å². The number of nitrogens with one attached hydrogen (secondary N) is 1. The number of piperidine rings is 1. The zero-order valence-electron chi connectivity index (χ0n) is 16.8. The first kappa shape index (κ1) is 20.3. The molecule has 0 spiro atoms. The van der Waals surface area contributed by atoms with E-state index < -0.39 is 10.0 Å². The Balaban J connectivity index is 1.37. The molecule has 1 fully saturated rings. The van der Waals surface area contributed by atoms with Crippen molar-refractivity contribution in [3.63, 3.8) is 0 Å². The number of hydrogen-bond acceptors (Lipinski definition) is 7. The highest BCUT2D eigenvalue weighted by atomic mass is 32.2. The number of hydrogen-bond donors (Lipinski definition) is 2. The van der Waals surface area contributed by atoms with E-state index in [9.17, 15) is 8.42 Å². The summed E-state index contributed by atoms with van der Waals surface area (Å²) in [6.45, 7) is 0.949. The second-order valence-corrected chi connectivity index (χ2v) is 9.36. The Bertz CT molecular complexity index is 1110. The van der Waals surface area contributed by atoms with Crippen LogP contribution in [0, 0.1) is 0 Å². The molecule has 3 aromatic rings. The Morgan fingerprint density at radius 3 is 2.57 bits per heavy atom. The molecule has 0 bridgehead atoms. The Labute approximate surface area is 176 Å². The van der Waals surface area contributed by atoms with Crippen LogP contribution >= 0.6 is 0 Å². The number of nitrogens with two attached hydrogens (primary N) is 1. The third-order valence-electron chi connectivity index (χ3n) is 5.29. The molecule has 4 rings (SSSR count). The van der Waals surface area contributed by atoms with Crippen LogP contribution in [-0.4, -0.2) is 51.6 Å². The molecule has 2 aromatic heterocycles. The van der Waals surface area contributed by atoms with Crippen molar-refractivity contribution >= 4 is 21.8 Å². The normalized spacial score (nSPS) is 15.9. The second kappa shape index (κ2) is 8.41. The number of anilines is 2. The van der Waals surface area contributed by atoms with Crippen molar-refractivity contribution < 1.29 is 8.42 Å². The van der Waals surface area contributed by atoms with Crippen LogP contribution in [-0.2, 0) is 22.8 Å². The van der Waals surface area contributed by atoms with Gasteiger partial charge in [0.15, 0.2) is 0 Å². The van der Waals surface area contributed by atoms with Gasteiger partial charge in [-0.3, -0.25) is 4.68 Å². The molecular formula is C20H25N7O2S. The minimum absolute atomic E-state index is 0.0314. The van der Waals surface area contributed by atoms with Gasteiger partial charge < -0.3 is 11.1 Å². The largest absolute Gasteiger partial charge is 0.383 e. The highest BCUT2D eigenvalue weighted by Crippen LogP contribution is 2.24. The standard InChI is InChI=1S/C20H25N7O2S/c1-26-19(21)17(13-23-26)18-7-10-22-20(25-18)24-16-8-11-27(12-9-16)30(28,29)14-15-5-3-2-4-6-15/h2-7,10,13,16H,8-9,11-12,14,21H2,1H3,(H,22,24,25). The molecule has 30 heavy (non-hydrogen) atoms. The van der Waals surface area contributed by atoms with Gasteiger partial charge in [0.05, 0.1) is 23.2 Å². The summed E-state index contributed by atoms with van der Waals surface area (Å²) in [6, 6.07) is 11.2. The number of aromatic nitrogens is 4. The third kappa shape index (κ3) is 4.44. The number of benzene rings is 1. The van der Waals surface area contributed by atoms with Crippen molar-refractivity contribution in [3.8, 4) is 11.3 Å². The molecule has 3 heterocycles. The van der Waals surface area contributed by atoms with Crippen molar-refractivity contribution in [2.45, 2.75) is 24.6 Å². The van der Waals surface area contributed by atoms with Gasteiger partial charge in [0.2, 0.25) is 16.0 Å². The molecule has 0 saturated carbocycles. The van der Waals surface area contributed by atoms with Crippen LogP contribution in [0.4, 0.5) is 11.8 Å². The van der Waals surface area contributed by atoms with Crippen LogP contribution in [0.1, 0.15) is 18.4 Å². The molecular weight excluding hydrogens is 402 g/mol. The molecule has 9 nitrogen and oxygen atoms in total. The molecule has 10 heteroatoms. The highest BCUT2D eigenvalue weighted by Gasteiger charge is 2.28. The van der Waals surface area contributed by atoms with Gasteiger partial charge >= 0.3 is 0 Å². The Kier molecular flexibility index (Phi) is 5.69.